The van der Waals surface area contributed by atoms with Crippen molar-refractivity contribution in [2.45, 2.75) is 39.7 Å². The molecule has 1 aromatic heterocycles. The van der Waals surface area contributed by atoms with Gasteiger partial charge in [0.1, 0.15) is 5.92 Å². The van der Waals surface area contributed by atoms with Crippen LogP contribution in [0.4, 0.5) is 0 Å². The summed E-state index contributed by atoms with van der Waals surface area (Å²) < 4.78 is 10.3. The van der Waals surface area contributed by atoms with Gasteiger partial charge in [-0.05, 0) is 39.3 Å². The molecule has 0 N–H and O–H groups in total. The van der Waals surface area contributed by atoms with E-state index in [1.807, 2.05) is 6.07 Å². The van der Waals surface area contributed by atoms with Crippen LogP contribution in [0.3, 0.4) is 0 Å². The molecule has 0 radical (unpaired) electrons. The van der Waals surface area contributed by atoms with Crippen LogP contribution in [0.2, 0.25) is 0 Å². The maximum atomic E-state index is 12.6. The molecule has 0 aliphatic carbocycles. The van der Waals surface area contributed by atoms with Gasteiger partial charge in [-0.3, -0.25) is 14.8 Å². The summed E-state index contributed by atoms with van der Waals surface area (Å²) in [6.07, 6.45) is 3.02. The molecule has 6 nitrogen and oxygen atoms in total. The lowest BCUT2D eigenvalue weighted by Gasteiger charge is -2.31. The summed E-state index contributed by atoms with van der Waals surface area (Å²) in [5.74, 6) is -2.12. The highest BCUT2D eigenvalue weighted by molar-refractivity contribution is 6.06. The van der Waals surface area contributed by atoms with E-state index in [0.717, 1.165) is 5.56 Å². The molecule has 1 aromatic rings. The zero-order valence-corrected chi connectivity index (χ0v) is 14.6. The summed E-state index contributed by atoms with van der Waals surface area (Å²) in [7, 11) is 1.33. The first-order valence-corrected chi connectivity index (χ1v) is 7.81. The van der Waals surface area contributed by atoms with Crippen LogP contribution in [-0.2, 0) is 19.1 Å². The molecule has 128 valence electrons. The zero-order valence-electron chi connectivity index (χ0n) is 14.6. The fourth-order valence-electron chi connectivity index (χ4n) is 2.93. The van der Waals surface area contributed by atoms with Crippen LogP contribution in [-0.4, -0.2) is 35.8 Å². The van der Waals surface area contributed by atoms with E-state index in [-0.39, 0.29) is 6.10 Å². The molecular weight excluding hydrogens is 308 g/mol. The van der Waals surface area contributed by atoms with Gasteiger partial charge < -0.3 is 9.47 Å². The van der Waals surface area contributed by atoms with Crippen molar-refractivity contribution in [3.8, 4) is 0 Å². The molecule has 1 aliphatic rings. The average molecular weight is 330 g/mol. The minimum atomic E-state index is -0.683. The number of aliphatic imine (C=N–C) groups is 1. The lowest BCUT2D eigenvalue weighted by Crippen LogP contribution is -2.36. The van der Waals surface area contributed by atoms with E-state index in [1.54, 1.807) is 46.2 Å². The minimum Gasteiger partial charge on any atom is -0.468 e. The fourth-order valence-corrected chi connectivity index (χ4v) is 2.93. The molecule has 24 heavy (non-hydrogen) atoms. The molecule has 0 saturated carbocycles. The Morgan fingerprint density at radius 2 is 1.96 bits per heavy atom. The van der Waals surface area contributed by atoms with Crippen molar-refractivity contribution in [1.82, 2.24) is 4.98 Å². The minimum absolute atomic E-state index is 0.268. The van der Waals surface area contributed by atoms with Crippen LogP contribution in [0.15, 0.2) is 40.8 Å². The predicted molar refractivity (Wildman–Crippen MR) is 89.5 cm³/mol. The van der Waals surface area contributed by atoms with Gasteiger partial charge in [0.2, 0.25) is 0 Å². The number of rotatable bonds is 4. The van der Waals surface area contributed by atoms with Crippen LogP contribution in [0.1, 0.15) is 39.2 Å². The molecular formula is C18H22N2O4. The summed E-state index contributed by atoms with van der Waals surface area (Å²) in [4.78, 5) is 33.5. The van der Waals surface area contributed by atoms with Crippen molar-refractivity contribution in [3.63, 3.8) is 0 Å². The van der Waals surface area contributed by atoms with Crippen molar-refractivity contribution in [1.29, 1.82) is 0 Å². The number of carbonyl (C=O) groups excluding carboxylic acids is 2. The van der Waals surface area contributed by atoms with E-state index in [4.69, 9.17) is 9.47 Å². The van der Waals surface area contributed by atoms with Gasteiger partial charge in [-0.1, -0.05) is 6.07 Å². The number of carbonyl (C=O) groups is 2. The van der Waals surface area contributed by atoms with Crippen LogP contribution in [0.25, 0.3) is 0 Å². The second kappa shape index (κ2) is 7.38. The third kappa shape index (κ3) is 3.53. The van der Waals surface area contributed by atoms with Crippen LogP contribution < -0.4 is 0 Å². The Morgan fingerprint density at radius 3 is 2.50 bits per heavy atom. The molecule has 1 aliphatic heterocycles. The summed E-state index contributed by atoms with van der Waals surface area (Å²) in [6, 6.07) is 3.60. The Hall–Kier alpha value is -2.50. The predicted octanol–water partition coefficient (Wildman–Crippen LogP) is 2.65. The lowest BCUT2D eigenvalue weighted by molar-refractivity contribution is -0.145. The topological polar surface area (TPSA) is 77.8 Å². The quantitative estimate of drug-likeness (QED) is 0.793. The molecule has 2 atom stereocenters. The number of hydrogen-bond donors (Lipinski definition) is 0. The molecule has 0 amide bonds. The molecule has 0 aromatic carbocycles. The van der Waals surface area contributed by atoms with E-state index in [1.165, 1.54) is 7.11 Å². The third-order valence-corrected chi connectivity index (χ3v) is 3.89. The van der Waals surface area contributed by atoms with E-state index >= 15 is 0 Å². The smallest absolute Gasteiger partial charge is 0.336 e. The fraction of sp³-hybridized carbons (Fsp3) is 0.444. The second-order valence-electron chi connectivity index (χ2n) is 5.97. The maximum Gasteiger partial charge on any atom is 0.336 e. The second-order valence-corrected chi connectivity index (χ2v) is 5.97. The first kappa shape index (κ1) is 17.8. The van der Waals surface area contributed by atoms with Gasteiger partial charge in [-0.15, -0.1) is 0 Å². The van der Waals surface area contributed by atoms with Crippen LogP contribution in [0.5, 0.6) is 0 Å². The highest BCUT2D eigenvalue weighted by Gasteiger charge is 2.42. The molecule has 0 fully saturated rings. The van der Waals surface area contributed by atoms with Crippen molar-refractivity contribution < 1.29 is 19.1 Å². The Bertz CT molecular complexity index is 692. The number of ether oxygens (including phenoxy) is 2. The van der Waals surface area contributed by atoms with Gasteiger partial charge >= 0.3 is 11.9 Å². The van der Waals surface area contributed by atoms with Crippen molar-refractivity contribution in [3.05, 3.63) is 41.4 Å². The molecule has 0 saturated heterocycles. The number of esters is 2. The van der Waals surface area contributed by atoms with Crippen molar-refractivity contribution in [2.24, 2.45) is 10.9 Å². The Kier molecular flexibility index (Phi) is 5.49. The summed E-state index contributed by atoms with van der Waals surface area (Å²) in [5.41, 5.74) is 2.27. The highest BCUT2D eigenvalue weighted by atomic mass is 16.5. The van der Waals surface area contributed by atoms with Gasteiger partial charge in [0.15, 0.2) is 0 Å². The Balaban J connectivity index is 2.60. The largest absolute Gasteiger partial charge is 0.468 e. The van der Waals surface area contributed by atoms with E-state index in [2.05, 4.69) is 9.98 Å². The van der Waals surface area contributed by atoms with Gasteiger partial charge in [0.25, 0.3) is 0 Å². The maximum absolute atomic E-state index is 12.6. The standard InChI is InChI=1S/C18H22N2O4/c1-10(2)24-18(22)15-12(4)20-11(3)14(17(21)23-5)16(15)13-7-6-8-19-9-13/h6-10,14,16H,1-5H3/t14?,16-/m1/s1. The first-order valence-electron chi connectivity index (χ1n) is 7.81. The number of methoxy groups -OCH3 is 1. The molecule has 2 heterocycles. The third-order valence-electron chi connectivity index (χ3n) is 3.89. The average Bonchev–Trinajstić information content (AvgIpc) is 2.53. The summed E-state index contributed by atoms with van der Waals surface area (Å²) >= 11 is 0. The highest BCUT2D eigenvalue weighted by Crippen LogP contribution is 2.39. The normalized spacial score (nSPS) is 20.7. The van der Waals surface area contributed by atoms with Crippen molar-refractivity contribution >= 4 is 17.7 Å². The van der Waals surface area contributed by atoms with Crippen molar-refractivity contribution in [2.75, 3.05) is 7.11 Å². The van der Waals surface area contributed by atoms with Crippen LogP contribution in [0, 0.1) is 5.92 Å². The number of hydrogen-bond acceptors (Lipinski definition) is 6. The summed E-state index contributed by atoms with van der Waals surface area (Å²) in [5, 5.41) is 0. The molecule has 0 bridgehead atoms. The zero-order chi connectivity index (χ0) is 17.9. The summed E-state index contributed by atoms with van der Waals surface area (Å²) in [6.45, 7) is 7.07. The van der Waals surface area contributed by atoms with Gasteiger partial charge in [0.05, 0.1) is 18.8 Å². The molecule has 2 rings (SSSR count). The van der Waals surface area contributed by atoms with Gasteiger partial charge in [-0.25, -0.2) is 4.79 Å². The Morgan fingerprint density at radius 1 is 1.25 bits per heavy atom. The van der Waals surface area contributed by atoms with Gasteiger partial charge in [0, 0.05) is 29.7 Å². The molecule has 0 spiro atoms. The van der Waals surface area contributed by atoms with E-state index in [9.17, 15) is 9.59 Å². The number of aromatic nitrogens is 1. The first-order chi connectivity index (χ1) is 11.4. The number of allylic oxidation sites excluding steroid dienone is 1. The number of nitrogens with zero attached hydrogens (tertiary/aromatic N) is 2. The van der Waals surface area contributed by atoms with Crippen LogP contribution >= 0.6 is 0 Å². The Labute approximate surface area is 141 Å². The lowest BCUT2D eigenvalue weighted by atomic mass is 9.76. The number of pyridine rings is 1. The van der Waals surface area contributed by atoms with Gasteiger partial charge in [-0.2, -0.15) is 0 Å². The molecule has 6 heteroatoms. The monoisotopic (exact) mass is 330 g/mol. The van der Waals surface area contributed by atoms with E-state index < -0.39 is 23.8 Å². The molecule has 1 unspecified atom stereocenters. The SMILES string of the molecule is COC(=O)C1C(C)=NC(C)=C(C(=O)OC(C)C)[C@@H]1c1cccnc1. The van der Waals surface area contributed by atoms with E-state index in [0.29, 0.717) is 17.0 Å².